The molecular formula is C13H16ClFO. The van der Waals surface area contributed by atoms with E-state index in [4.69, 9.17) is 11.6 Å². The van der Waals surface area contributed by atoms with Gasteiger partial charge in [0.05, 0.1) is 0 Å². The van der Waals surface area contributed by atoms with Crippen molar-refractivity contribution in [1.29, 1.82) is 0 Å². The van der Waals surface area contributed by atoms with Crippen molar-refractivity contribution in [1.82, 2.24) is 0 Å². The SMILES string of the molecule is CC(C)CC(=O)CCc1ccc(F)cc1Cl. The summed E-state index contributed by atoms with van der Waals surface area (Å²) in [6.07, 6.45) is 1.66. The number of aryl methyl sites for hydroxylation is 1. The standard InChI is InChI=1S/C13H16ClFO/c1-9(2)7-12(16)6-4-10-3-5-11(15)8-13(10)14/h3,5,8-9H,4,6-7H2,1-2H3. The summed E-state index contributed by atoms with van der Waals surface area (Å²) in [7, 11) is 0. The highest BCUT2D eigenvalue weighted by Crippen LogP contribution is 2.19. The van der Waals surface area contributed by atoms with Gasteiger partial charge in [-0.2, -0.15) is 0 Å². The van der Waals surface area contributed by atoms with Crippen molar-refractivity contribution >= 4 is 17.4 Å². The zero-order valence-electron chi connectivity index (χ0n) is 9.59. The number of carbonyl (C=O) groups is 1. The van der Waals surface area contributed by atoms with Crippen molar-refractivity contribution in [2.75, 3.05) is 0 Å². The number of rotatable bonds is 5. The molecule has 0 spiro atoms. The van der Waals surface area contributed by atoms with Crippen LogP contribution in [0.25, 0.3) is 0 Å². The Kier molecular flexibility index (Phi) is 4.94. The van der Waals surface area contributed by atoms with E-state index in [0.717, 1.165) is 5.56 Å². The van der Waals surface area contributed by atoms with Gasteiger partial charge in [0.2, 0.25) is 0 Å². The third-order valence-corrected chi connectivity index (χ3v) is 2.68. The van der Waals surface area contributed by atoms with Gasteiger partial charge in [-0.15, -0.1) is 0 Å². The molecule has 0 saturated heterocycles. The van der Waals surface area contributed by atoms with Gasteiger partial charge in [-0.25, -0.2) is 4.39 Å². The van der Waals surface area contributed by atoms with Crippen molar-refractivity contribution < 1.29 is 9.18 Å². The number of hydrogen-bond donors (Lipinski definition) is 0. The molecule has 0 aliphatic heterocycles. The topological polar surface area (TPSA) is 17.1 Å². The molecule has 16 heavy (non-hydrogen) atoms. The van der Waals surface area contributed by atoms with Gasteiger partial charge < -0.3 is 0 Å². The predicted molar refractivity (Wildman–Crippen MR) is 64.2 cm³/mol. The highest BCUT2D eigenvalue weighted by molar-refractivity contribution is 6.31. The molecule has 0 aliphatic carbocycles. The van der Waals surface area contributed by atoms with Crippen molar-refractivity contribution in [2.45, 2.75) is 33.1 Å². The van der Waals surface area contributed by atoms with Crippen LogP contribution in [0.15, 0.2) is 18.2 Å². The fourth-order valence-corrected chi connectivity index (χ4v) is 1.82. The van der Waals surface area contributed by atoms with E-state index >= 15 is 0 Å². The fraction of sp³-hybridized carbons (Fsp3) is 0.462. The van der Waals surface area contributed by atoms with Crippen molar-refractivity contribution in [3.8, 4) is 0 Å². The van der Waals surface area contributed by atoms with Gasteiger partial charge in [-0.05, 0) is 30.0 Å². The smallest absolute Gasteiger partial charge is 0.133 e. The minimum Gasteiger partial charge on any atom is -0.300 e. The summed E-state index contributed by atoms with van der Waals surface area (Å²) in [5, 5.41) is 0.400. The van der Waals surface area contributed by atoms with Gasteiger partial charge in [0.25, 0.3) is 0 Å². The molecule has 1 aromatic carbocycles. The Morgan fingerprint density at radius 2 is 2.12 bits per heavy atom. The Morgan fingerprint density at radius 3 is 2.69 bits per heavy atom. The third kappa shape index (κ3) is 4.31. The minimum absolute atomic E-state index is 0.232. The molecule has 3 heteroatoms. The molecule has 0 aliphatic rings. The largest absolute Gasteiger partial charge is 0.300 e. The summed E-state index contributed by atoms with van der Waals surface area (Å²) in [6, 6.07) is 4.29. The zero-order chi connectivity index (χ0) is 12.1. The molecule has 0 heterocycles. The Bertz CT molecular complexity index is 374. The Morgan fingerprint density at radius 1 is 1.44 bits per heavy atom. The number of Topliss-reactive ketones (excluding diaryl/α,β-unsaturated/α-hetero) is 1. The fourth-order valence-electron chi connectivity index (χ4n) is 1.56. The molecule has 0 bridgehead atoms. The van der Waals surface area contributed by atoms with E-state index in [-0.39, 0.29) is 11.6 Å². The molecule has 0 radical (unpaired) electrons. The van der Waals surface area contributed by atoms with Crippen molar-refractivity contribution in [3.63, 3.8) is 0 Å². The molecule has 0 atom stereocenters. The number of halogens is 2. The average molecular weight is 243 g/mol. The van der Waals surface area contributed by atoms with E-state index < -0.39 is 0 Å². The van der Waals surface area contributed by atoms with E-state index in [1.54, 1.807) is 6.07 Å². The summed E-state index contributed by atoms with van der Waals surface area (Å²) >= 11 is 5.87. The summed E-state index contributed by atoms with van der Waals surface area (Å²) in [5.41, 5.74) is 0.833. The number of hydrogen-bond acceptors (Lipinski definition) is 1. The van der Waals surface area contributed by atoms with E-state index in [9.17, 15) is 9.18 Å². The quantitative estimate of drug-likeness (QED) is 0.762. The van der Waals surface area contributed by atoms with Crippen LogP contribution in [0.1, 0.15) is 32.3 Å². The molecule has 0 N–H and O–H groups in total. The maximum atomic E-state index is 12.8. The molecular weight excluding hydrogens is 227 g/mol. The van der Waals surface area contributed by atoms with Gasteiger partial charge in [-0.3, -0.25) is 4.79 Å². The van der Waals surface area contributed by atoms with Gasteiger partial charge in [0, 0.05) is 17.9 Å². The van der Waals surface area contributed by atoms with Crippen LogP contribution < -0.4 is 0 Å². The monoisotopic (exact) mass is 242 g/mol. The molecule has 0 aromatic heterocycles. The van der Waals surface area contributed by atoms with Gasteiger partial charge >= 0.3 is 0 Å². The van der Waals surface area contributed by atoms with Crippen molar-refractivity contribution in [2.24, 2.45) is 5.92 Å². The molecule has 0 amide bonds. The van der Waals surface area contributed by atoms with Gasteiger partial charge in [-0.1, -0.05) is 31.5 Å². The van der Waals surface area contributed by atoms with Gasteiger partial charge in [0.1, 0.15) is 11.6 Å². The normalized spacial score (nSPS) is 10.8. The van der Waals surface area contributed by atoms with Gasteiger partial charge in [0.15, 0.2) is 0 Å². The first-order valence-electron chi connectivity index (χ1n) is 5.44. The molecule has 88 valence electrons. The second kappa shape index (κ2) is 6.00. The van der Waals surface area contributed by atoms with E-state index in [0.29, 0.717) is 30.2 Å². The van der Waals surface area contributed by atoms with Crippen LogP contribution in [0, 0.1) is 11.7 Å². The third-order valence-electron chi connectivity index (χ3n) is 2.32. The molecule has 1 nitrogen and oxygen atoms in total. The second-order valence-corrected chi connectivity index (χ2v) is 4.78. The number of ketones is 1. The van der Waals surface area contributed by atoms with E-state index in [2.05, 4.69) is 0 Å². The van der Waals surface area contributed by atoms with Crippen LogP contribution in [0.5, 0.6) is 0 Å². The van der Waals surface area contributed by atoms with E-state index in [1.165, 1.54) is 12.1 Å². The first-order chi connectivity index (χ1) is 7.49. The lowest BCUT2D eigenvalue weighted by atomic mass is 10.0. The van der Waals surface area contributed by atoms with Crippen LogP contribution >= 0.6 is 11.6 Å². The zero-order valence-corrected chi connectivity index (χ0v) is 10.4. The van der Waals surface area contributed by atoms with Crippen molar-refractivity contribution in [3.05, 3.63) is 34.6 Å². The maximum Gasteiger partial charge on any atom is 0.133 e. The Hall–Kier alpha value is -0.890. The van der Waals surface area contributed by atoms with Crippen LogP contribution in [-0.4, -0.2) is 5.78 Å². The lowest BCUT2D eigenvalue weighted by Crippen LogP contribution is -2.04. The van der Waals surface area contributed by atoms with E-state index in [1.807, 2.05) is 13.8 Å². The van der Waals surface area contributed by atoms with Crippen LogP contribution in [0.4, 0.5) is 4.39 Å². The molecule has 0 unspecified atom stereocenters. The summed E-state index contributed by atoms with van der Waals surface area (Å²) in [5.74, 6) is 0.272. The summed E-state index contributed by atoms with van der Waals surface area (Å²) in [6.45, 7) is 4.03. The highest BCUT2D eigenvalue weighted by Gasteiger charge is 2.07. The summed E-state index contributed by atoms with van der Waals surface area (Å²) in [4.78, 5) is 11.5. The second-order valence-electron chi connectivity index (χ2n) is 4.37. The van der Waals surface area contributed by atoms with Crippen LogP contribution in [-0.2, 0) is 11.2 Å². The summed E-state index contributed by atoms with van der Waals surface area (Å²) < 4.78 is 12.8. The number of carbonyl (C=O) groups excluding carboxylic acids is 1. The Balaban J connectivity index is 2.51. The predicted octanol–water partition coefficient (Wildman–Crippen LogP) is 4.03. The molecule has 1 aromatic rings. The average Bonchev–Trinajstić information content (AvgIpc) is 2.15. The van der Waals surface area contributed by atoms with Crippen LogP contribution in [0.2, 0.25) is 5.02 Å². The number of benzene rings is 1. The minimum atomic E-state index is -0.345. The van der Waals surface area contributed by atoms with Crippen LogP contribution in [0.3, 0.4) is 0 Å². The molecule has 0 saturated carbocycles. The Labute approximate surface area is 101 Å². The first kappa shape index (κ1) is 13.2. The highest BCUT2D eigenvalue weighted by atomic mass is 35.5. The first-order valence-corrected chi connectivity index (χ1v) is 5.82. The molecule has 1 rings (SSSR count). The molecule has 0 fully saturated rings. The maximum absolute atomic E-state index is 12.8. The lowest BCUT2D eigenvalue weighted by Gasteiger charge is -2.05. The lowest BCUT2D eigenvalue weighted by molar-refractivity contribution is -0.119.